The van der Waals surface area contributed by atoms with E-state index in [2.05, 4.69) is 10.3 Å². The minimum Gasteiger partial charge on any atom is -0.363 e. The Morgan fingerprint density at radius 2 is 2.17 bits per heavy atom. The Morgan fingerprint density at radius 1 is 1.44 bits per heavy atom. The largest absolute Gasteiger partial charge is 0.363 e. The summed E-state index contributed by atoms with van der Waals surface area (Å²) >= 11 is 0. The second kappa shape index (κ2) is 6.79. The third-order valence-corrected chi connectivity index (χ3v) is 2.59. The van der Waals surface area contributed by atoms with E-state index in [1.54, 1.807) is 6.20 Å². The van der Waals surface area contributed by atoms with Gasteiger partial charge in [0.1, 0.15) is 5.82 Å². The van der Waals surface area contributed by atoms with Crippen LogP contribution in [0.1, 0.15) is 25.8 Å². The molecule has 0 saturated carbocycles. The zero-order valence-electron chi connectivity index (χ0n) is 11.5. The lowest BCUT2D eigenvalue weighted by Crippen LogP contribution is -2.23. The number of carbonyl (C=O) groups excluding carboxylic acids is 1. The van der Waals surface area contributed by atoms with E-state index >= 15 is 0 Å². The fraction of sp³-hybridized carbons (Fsp3) is 0.429. The van der Waals surface area contributed by atoms with Gasteiger partial charge < -0.3 is 10.2 Å². The molecular formula is C14H21N3O. The van der Waals surface area contributed by atoms with E-state index in [1.807, 2.05) is 51.1 Å². The number of nitrogens with zero attached hydrogens (tertiary/aromatic N) is 2. The van der Waals surface area contributed by atoms with Crippen molar-refractivity contribution in [3.63, 3.8) is 0 Å². The molecule has 0 bridgehead atoms. The van der Waals surface area contributed by atoms with E-state index in [4.69, 9.17) is 0 Å². The van der Waals surface area contributed by atoms with Crippen molar-refractivity contribution in [1.82, 2.24) is 10.3 Å². The molecule has 0 aliphatic rings. The number of hydrogen-bond donors (Lipinski definition) is 1. The van der Waals surface area contributed by atoms with Crippen molar-refractivity contribution in [1.29, 1.82) is 0 Å². The van der Waals surface area contributed by atoms with Crippen molar-refractivity contribution in [2.75, 3.05) is 19.0 Å². The Balaban J connectivity index is 2.54. The van der Waals surface area contributed by atoms with Gasteiger partial charge in [0.2, 0.25) is 5.91 Å². The SMILES string of the molecule is CC/C=C(/C)C(=O)NCc1ccc(N(C)C)nc1. The van der Waals surface area contributed by atoms with Crippen LogP contribution in [0, 0.1) is 0 Å². The van der Waals surface area contributed by atoms with Gasteiger partial charge in [-0.1, -0.05) is 19.1 Å². The molecule has 0 unspecified atom stereocenters. The lowest BCUT2D eigenvalue weighted by molar-refractivity contribution is -0.117. The van der Waals surface area contributed by atoms with Crippen LogP contribution in [0.2, 0.25) is 0 Å². The third-order valence-electron chi connectivity index (χ3n) is 2.59. The molecule has 1 aromatic heterocycles. The summed E-state index contributed by atoms with van der Waals surface area (Å²) in [6.07, 6.45) is 4.58. The number of pyridine rings is 1. The number of carbonyl (C=O) groups is 1. The molecule has 1 heterocycles. The van der Waals surface area contributed by atoms with Crippen molar-refractivity contribution in [3.05, 3.63) is 35.5 Å². The zero-order chi connectivity index (χ0) is 13.5. The summed E-state index contributed by atoms with van der Waals surface area (Å²) in [6.45, 7) is 4.35. The smallest absolute Gasteiger partial charge is 0.246 e. The van der Waals surface area contributed by atoms with Crippen LogP contribution in [0.15, 0.2) is 30.0 Å². The van der Waals surface area contributed by atoms with E-state index in [0.717, 1.165) is 23.4 Å². The number of hydrogen-bond acceptors (Lipinski definition) is 3. The Kier molecular flexibility index (Phi) is 5.36. The Bertz CT molecular complexity index is 421. The molecule has 0 fully saturated rings. The van der Waals surface area contributed by atoms with Gasteiger partial charge in [0.25, 0.3) is 0 Å². The second-order valence-electron chi connectivity index (χ2n) is 4.40. The van der Waals surface area contributed by atoms with E-state index in [1.165, 1.54) is 0 Å². The van der Waals surface area contributed by atoms with Crippen LogP contribution in [-0.2, 0) is 11.3 Å². The molecule has 1 rings (SSSR count). The Morgan fingerprint density at radius 3 is 2.67 bits per heavy atom. The molecule has 0 saturated heterocycles. The summed E-state index contributed by atoms with van der Waals surface area (Å²) in [6, 6.07) is 3.91. The maximum Gasteiger partial charge on any atom is 0.246 e. The highest BCUT2D eigenvalue weighted by Gasteiger charge is 2.03. The van der Waals surface area contributed by atoms with E-state index in [0.29, 0.717) is 6.54 Å². The first kappa shape index (κ1) is 14.2. The number of nitrogens with one attached hydrogen (secondary N) is 1. The molecule has 98 valence electrons. The van der Waals surface area contributed by atoms with Gasteiger partial charge in [0.05, 0.1) is 0 Å². The molecule has 1 aromatic rings. The van der Waals surface area contributed by atoms with Crippen LogP contribution >= 0.6 is 0 Å². The van der Waals surface area contributed by atoms with Crippen LogP contribution in [0.5, 0.6) is 0 Å². The van der Waals surface area contributed by atoms with Crippen LogP contribution in [0.3, 0.4) is 0 Å². The van der Waals surface area contributed by atoms with Gasteiger partial charge in [0, 0.05) is 32.4 Å². The zero-order valence-corrected chi connectivity index (χ0v) is 11.5. The standard InChI is InChI=1S/C14H21N3O/c1-5-6-11(2)14(18)16-10-12-7-8-13(15-9-12)17(3)4/h6-9H,5,10H2,1-4H3,(H,16,18)/b11-6-. The first-order valence-electron chi connectivity index (χ1n) is 6.11. The average Bonchev–Trinajstić information content (AvgIpc) is 2.36. The molecule has 18 heavy (non-hydrogen) atoms. The predicted molar refractivity (Wildman–Crippen MR) is 74.5 cm³/mol. The highest BCUT2D eigenvalue weighted by Crippen LogP contribution is 2.07. The summed E-state index contributed by atoms with van der Waals surface area (Å²) in [5, 5.41) is 2.87. The lowest BCUT2D eigenvalue weighted by atomic mass is 10.2. The fourth-order valence-corrected chi connectivity index (χ4v) is 1.51. The maximum absolute atomic E-state index is 11.7. The Hall–Kier alpha value is -1.84. The van der Waals surface area contributed by atoms with Gasteiger partial charge in [-0.05, 0) is 25.0 Å². The van der Waals surface area contributed by atoms with Crippen molar-refractivity contribution >= 4 is 11.7 Å². The topological polar surface area (TPSA) is 45.2 Å². The molecule has 4 heteroatoms. The highest BCUT2D eigenvalue weighted by atomic mass is 16.1. The van der Waals surface area contributed by atoms with Crippen molar-refractivity contribution in [2.24, 2.45) is 0 Å². The van der Waals surface area contributed by atoms with Gasteiger partial charge in [-0.15, -0.1) is 0 Å². The molecule has 0 aliphatic carbocycles. The number of anilines is 1. The lowest BCUT2D eigenvalue weighted by Gasteiger charge is -2.11. The van der Waals surface area contributed by atoms with Crippen LogP contribution < -0.4 is 10.2 Å². The quantitative estimate of drug-likeness (QED) is 0.811. The molecule has 0 radical (unpaired) electrons. The van der Waals surface area contributed by atoms with Gasteiger partial charge >= 0.3 is 0 Å². The molecule has 0 aromatic carbocycles. The van der Waals surface area contributed by atoms with Gasteiger partial charge in [-0.2, -0.15) is 0 Å². The van der Waals surface area contributed by atoms with Gasteiger partial charge in [-0.3, -0.25) is 4.79 Å². The fourth-order valence-electron chi connectivity index (χ4n) is 1.51. The summed E-state index contributed by atoms with van der Waals surface area (Å²) in [7, 11) is 3.89. The van der Waals surface area contributed by atoms with Gasteiger partial charge in [0.15, 0.2) is 0 Å². The van der Waals surface area contributed by atoms with E-state index in [9.17, 15) is 4.79 Å². The van der Waals surface area contributed by atoms with E-state index in [-0.39, 0.29) is 5.91 Å². The number of amides is 1. The first-order valence-corrected chi connectivity index (χ1v) is 6.11. The highest BCUT2D eigenvalue weighted by molar-refractivity contribution is 5.92. The molecule has 0 spiro atoms. The number of rotatable bonds is 5. The number of aromatic nitrogens is 1. The maximum atomic E-state index is 11.7. The Labute approximate surface area is 109 Å². The molecule has 0 atom stereocenters. The normalized spacial score (nSPS) is 11.2. The minimum atomic E-state index is -0.0199. The summed E-state index contributed by atoms with van der Waals surface area (Å²) in [5.74, 6) is 0.890. The summed E-state index contributed by atoms with van der Waals surface area (Å²) in [4.78, 5) is 17.9. The monoisotopic (exact) mass is 247 g/mol. The number of allylic oxidation sites excluding steroid dienone is 1. The van der Waals surface area contributed by atoms with Crippen LogP contribution in [-0.4, -0.2) is 25.0 Å². The minimum absolute atomic E-state index is 0.0199. The van der Waals surface area contributed by atoms with Crippen molar-refractivity contribution in [2.45, 2.75) is 26.8 Å². The van der Waals surface area contributed by atoms with Crippen molar-refractivity contribution < 1.29 is 4.79 Å². The molecule has 1 N–H and O–H groups in total. The van der Waals surface area contributed by atoms with E-state index < -0.39 is 0 Å². The first-order chi connectivity index (χ1) is 8.54. The molecule has 4 nitrogen and oxygen atoms in total. The van der Waals surface area contributed by atoms with Gasteiger partial charge in [-0.25, -0.2) is 4.98 Å². The summed E-state index contributed by atoms with van der Waals surface area (Å²) in [5.41, 5.74) is 1.76. The summed E-state index contributed by atoms with van der Waals surface area (Å²) < 4.78 is 0. The van der Waals surface area contributed by atoms with Crippen LogP contribution in [0.25, 0.3) is 0 Å². The predicted octanol–water partition coefficient (Wildman–Crippen LogP) is 2.12. The average molecular weight is 247 g/mol. The van der Waals surface area contributed by atoms with Crippen LogP contribution in [0.4, 0.5) is 5.82 Å². The second-order valence-corrected chi connectivity index (χ2v) is 4.40. The molecule has 1 amide bonds. The molecular weight excluding hydrogens is 226 g/mol. The van der Waals surface area contributed by atoms with Crippen molar-refractivity contribution in [3.8, 4) is 0 Å². The third kappa shape index (κ3) is 4.20. The molecule has 0 aliphatic heterocycles.